The van der Waals surface area contributed by atoms with Gasteiger partial charge in [0.2, 0.25) is 0 Å². The monoisotopic (exact) mass is 234 g/mol. The summed E-state index contributed by atoms with van der Waals surface area (Å²) in [6.45, 7) is 5.65. The third kappa shape index (κ3) is 2.19. The highest BCUT2D eigenvalue weighted by atomic mass is 16.3. The Morgan fingerprint density at radius 2 is 1.65 bits per heavy atom. The molecule has 4 rings (SSSR count). The number of rotatable bonds is 4. The fraction of sp³-hybridized carbons (Fsp3) is 0.875. The zero-order chi connectivity index (χ0) is 12.1. The lowest BCUT2D eigenvalue weighted by atomic mass is 9.48. The molecule has 96 valence electrons. The van der Waals surface area contributed by atoms with Gasteiger partial charge in [-0.15, -0.1) is 6.58 Å². The molecule has 0 spiro atoms. The second kappa shape index (κ2) is 3.85. The Hall–Kier alpha value is -0.300. The predicted octanol–water partition coefficient (Wildman–Crippen LogP) is 3.92. The first-order valence-electron chi connectivity index (χ1n) is 7.36. The maximum Gasteiger partial charge on any atom is 0.0797 e. The first-order chi connectivity index (χ1) is 8.00. The van der Waals surface area contributed by atoms with Gasteiger partial charge in [0.25, 0.3) is 0 Å². The lowest BCUT2D eigenvalue weighted by molar-refractivity contribution is -0.0663. The van der Waals surface area contributed by atoms with Crippen molar-refractivity contribution in [1.29, 1.82) is 0 Å². The summed E-state index contributed by atoms with van der Waals surface area (Å²) >= 11 is 0. The molecule has 0 aliphatic heterocycles. The summed E-state index contributed by atoms with van der Waals surface area (Å²) in [6, 6.07) is 0. The summed E-state index contributed by atoms with van der Waals surface area (Å²) < 4.78 is 0. The molecule has 0 aromatic rings. The van der Waals surface area contributed by atoms with Crippen LogP contribution in [0.15, 0.2) is 12.7 Å². The molecule has 4 aliphatic carbocycles. The van der Waals surface area contributed by atoms with Crippen LogP contribution >= 0.6 is 0 Å². The Morgan fingerprint density at radius 3 is 2.06 bits per heavy atom. The molecular formula is C16H26O. The summed E-state index contributed by atoms with van der Waals surface area (Å²) in [5.41, 5.74) is -0.0505. The molecule has 0 aromatic heterocycles. The number of aliphatic hydroxyl groups is 1. The maximum absolute atomic E-state index is 10.1. The minimum absolute atomic E-state index is 0.599. The second-order valence-electron chi connectivity index (χ2n) is 7.48. The minimum atomic E-state index is -0.649. The molecule has 1 atom stereocenters. The van der Waals surface area contributed by atoms with Crippen LogP contribution in [-0.4, -0.2) is 10.7 Å². The molecule has 0 amide bonds. The quantitative estimate of drug-likeness (QED) is 0.731. The van der Waals surface area contributed by atoms with Crippen molar-refractivity contribution in [2.24, 2.45) is 23.2 Å². The van der Waals surface area contributed by atoms with Crippen molar-refractivity contribution in [3.63, 3.8) is 0 Å². The smallest absolute Gasteiger partial charge is 0.0797 e. The Balaban J connectivity index is 1.68. The summed E-state index contributed by atoms with van der Waals surface area (Å²) in [5.74, 6) is 3.07. The van der Waals surface area contributed by atoms with Crippen LogP contribution < -0.4 is 0 Å². The minimum Gasteiger partial charge on any atom is -0.386 e. The van der Waals surface area contributed by atoms with Gasteiger partial charge in [-0.25, -0.2) is 0 Å². The van der Waals surface area contributed by atoms with E-state index in [9.17, 15) is 5.11 Å². The molecule has 1 nitrogen and oxygen atoms in total. The number of hydrogen-bond donors (Lipinski definition) is 1. The average Bonchev–Trinajstić information content (AvgIpc) is 2.25. The molecular weight excluding hydrogens is 208 g/mol. The molecule has 4 aliphatic rings. The zero-order valence-corrected chi connectivity index (χ0v) is 11.1. The third-order valence-electron chi connectivity index (χ3n) is 5.77. The van der Waals surface area contributed by atoms with Gasteiger partial charge in [-0.05, 0) is 81.5 Å². The maximum atomic E-state index is 10.1. The van der Waals surface area contributed by atoms with E-state index in [1.54, 1.807) is 6.08 Å². The van der Waals surface area contributed by atoms with Gasteiger partial charge < -0.3 is 5.11 Å². The molecule has 0 radical (unpaired) electrons. The second-order valence-corrected chi connectivity index (χ2v) is 7.48. The molecule has 4 saturated carbocycles. The van der Waals surface area contributed by atoms with Crippen molar-refractivity contribution in [2.75, 3.05) is 0 Å². The number of hydrogen-bond acceptors (Lipinski definition) is 1. The van der Waals surface area contributed by atoms with Crippen LogP contribution in [0.4, 0.5) is 0 Å². The summed E-state index contributed by atoms with van der Waals surface area (Å²) in [5, 5.41) is 10.1. The van der Waals surface area contributed by atoms with Crippen LogP contribution in [0.25, 0.3) is 0 Å². The van der Waals surface area contributed by atoms with Crippen molar-refractivity contribution in [3.05, 3.63) is 12.7 Å². The first-order valence-corrected chi connectivity index (χ1v) is 7.36. The third-order valence-corrected chi connectivity index (χ3v) is 5.77. The van der Waals surface area contributed by atoms with Gasteiger partial charge in [-0.2, -0.15) is 0 Å². The Bertz CT molecular complexity index is 280. The molecule has 1 N–H and O–H groups in total. The Kier molecular flexibility index (Phi) is 2.66. The van der Waals surface area contributed by atoms with Gasteiger partial charge in [-0.1, -0.05) is 6.08 Å². The van der Waals surface area contributed by atoms with E-state index in [0.29, 0.717) is 5.41 Å². The van der Waals surface area contributed by atoms with Gasteiger partial charge >= 0.3 is 0 Å². The molecule has 17 heavy (non-hydrogen) atoms. The molecule has 1 unspecified atom stereocenters. The van der Waals surface area contributed by atoms with E-state index in [-0.39, 0.29) is 0 Å². The SMILES string of the molecule is C=CC(C)(O)CCC12CC3CC(CC(C3)C1)C2. The fourth-order valence-electron chi connectivity index (χ4n) is 5.22. The van der Waals surface area contributed by atoms with Crippen LogP contribution in [-0.2, 0) is 0 Å². The van der Waals surface area contributed by atoms with Crippen molar-refractivity contribution in [3.8, 4) is 0 Å². The van der Waals surface area contributed by atoms with Crippen molar-refractivity contribution in [2.45, 2.75) is 63.9 Å². The van der Waals surface area contributed by atoms with Gasteiger partial charge in [0.15, 0.2) is 0 Å². The van der Waals surface area contributed by atoms with E-state index >= 15 is 0 Å². The topological polar surface area (TPSA) is 20.2 Å². The van der Waals surface area contributed by atoms with E-state index in [4.69, 9.17) is 0 Å². The zero-order valence-electron chi connectivity index (χ0n) is 11.1. The first kappa shape index (κ1) is 11.8. The van der Waals surface area contributed by atoms with E-state index in [1.807, 2.05) is 6.92 Å². The van der Waals surface area contributed by atoms with Crippen LogP contribution in [0.3, 0.4) is 0 Å². The predicted molar refractivity (Wildman–Crippen MR) is 70.7 cm³/mol. The Morgan fingerprint density at radius 1 is 1.18 bits per heavy atom. The van der Waals surface area contributed by atoms with Crippen LogP contribution in [0.2, 0.25) is 0 Å². The largest absolute Gasteiger partial charge is 0.386 e. The molecule has 4 bridgehead atoms. The van der Waals surface area contributed by atoms with Crippen LogP contribution in [0.5, 0.6) is 0 Å². The van der Waals surface area contributed by atoms with Crippen molar-refractivity contribution >= 4 is 0 Å². The van der Waals surface area contributed by atoms with Crippen molar-refractivity contribution < 1.29 is 5.11 Å². The molecule has 0 saturated heterocycles. The molecule has 0 heterocycles. The van der Waals surface area contributed by atoms with E-state index in [2.05, 4.69) is 6.58 Å². The lowest BCUT2D eigenvalue weighted by Gasteiger charge is -2.57. The summed E-state index contributed by atoms with van der Waals surface area (Å²) in [6.07, 6.45) is 12.7. The normalized spacial score (nSPS) is 46.8. The van der Waals surface area contributed by atoms with Crippen LogP contribution in [0, 0.1) is 23.2 Å². The van der Waals surface area contributed by atoms with E-state index in [0.717, 1.165) is 24.2 Å². The molecule has 1 heteroatoms. The van der Waals surface area contributed by atoms with E-state index < -0.39 is 5.60 Å². The highest BCUT2D eigenvalue weighted by molar-refractivity contribution is 5.03. The molecule has 0 aromatic carbocycles. The van der Waals surface area contributed by atoms with Crippen LogP contribution in [0.1, 0.15) is 58.3 Å². The average molecular weight is 234 g/mol. The molecule has 4 fully saturated rings. The lowest BCUT2D eigenvalue weighted by Crippen LogP contribution is -2.46. The summed E-state index contributed by atoms with van der Waals surface area (Å²) in [7, 11) is 0. The highest BCUT2D eigenvalue weighted by Crippen LogP contribution is 2.61. The van der Waals surface area contributed by atoms with Crippen molar-refractivity contribution in [1.82, 2.24) is 0 Å². The van der Waals surface area contributed by atoms with E-state index in [1.165, 1.54) is 44.9 Å². The Labute approximate surface area is 105 Å². The highest BCUT2D eigenvalue weighted by Gasteiger charge is 2.50. The van der Waals surface area contributed by atoms with Gasteiger partial charge in [0.1, 0.15) is 0 Å². The fourth-order valence-corrected chi connectivity index (χ4v) is 5.22. The van der Waals surface area contributed by atoms with Gasteiger partial charge in [-0.3, -0.25) is 0 Å². The van der Waals surface area contributed by atoms with Gasteiger partial charge in [0.05, 0.1) is 5.60 Å². The van der Waals surface area contributed by atoms with Gasteiger partial charge in [0, 0.05) is 0 Å². The summed E-state index contributed by atoms with van der Waals surface area (Å²) in [4.78, 5) is 0. The standard InChI is InChI=1S/C16H26O/c1-3-15(2,17)4-5-16-9-12-6-13(10-16)8-14(7-12)11-16/h3,12-14,17H,1,4-11H2,2H3.